The molecule has 1 aliphatic heterocycles. The Hall–Kier alpha value is -0.810. The monoisotopic (exact) mass is 298 g/mol. The Balaban J connectivity index is 2.39. The van der Waals surface area contributed by atoms with Gasteiger partial charge in [0.1, 0.15) is 0 Å². The third kappa shape index (κ3) is 7.67. The molecule has 0 radical (unpaired) electrons. The predicted octanol–water partition coefficient (Wildman–Crippen LogP) is 1.29. The number of piperidine rings is 1. The Kier molecular flexibility index (Phi) is 8.69. The molecule has 0 aromatic carbocycles. The topological polar surface area (TPSA) is 59.9 Å². The predicted molar refractivity (Wildman–Crippen MR) is 89.7 cm³/mol. The van der Waals surface area contributed by atoms with Gasteiger partial charge in [-0.05, 0) is 31.6 Å². The van der Waals surface area contributed by atoms with Crippen molar-refractivity contribution in [1.82, 2.24) is 15.5 Å². The first kappa shape index (κ1) is 18.2. The van der Waals surface area contributed by atoms with Crippen molar-refractivity contribution in [3.05, 3.63) is 0 Å². The van der Waals surface area contributed by atoms with Crippen molar-refractivity contribution >= 4 is 5.96 Å². The van der Waals surface area contributed by atoms with Crippen LogP contribution in [0.3, 0.4) is 0 Å². The van der Waals surface area contributed by atoms with Crippen molar-refractivity contribution in [1.29, 1.82) is 0 Å². The third-order valence-corrected chi connectivity index (χ3v) is 3.77. The second-order valence-electron chi connectivity index (χ2n) is 6.62. The summed E-state index contributed by atoms with van der Waals surface area (Å²) in [5, 5.41) is 15.9. The second-order valence-corrected chi connectivity index (χ2v) is 6.62. The van der Waals surface area contributed by atoms with Gasteiger partial charge in [-0.25, -0.2) is 0 Å². The quantitative estimate of drug-likeness (QED) is 0.490. The molecule has 1 aliphatic rings. The van der Waals surface area contributed by atoms with Crippen LogP contribution in [0.25, 0.3) is 0 Å². The van der Waals surface area contributed by atoms with Crippen LogP contribution in [-0.4, -0.2) is 61.3 Å². The van der Waals surface area contributed by atoms with Crippen molar-refractivity contribution in [2.75, 3.05) is 39.3 Å². The number of hydrogen-bond donors (Lipinski definition) is 3. The SMILES string of the molecule is CCNC(=NCC(C)CO)NC1CCN(CC(C)C)CC1. The highest BCUT2D eigenvalue weighted by Crippen LogP contribution is 2.12. The molecule has 1 atom stereocenters. The average molecular weight is 298 g/mol. The van der Waals surface area contributed by atoms with Gasteiger partial charge in [-0.15, -0.1) is 0 Å². The van der Waals surface area contributed by atoms with Gasteiger partial charge >= 0.3 is 0 Å². The van der Waals surface area contributed by atoms with Crippen molar-refractivity contribution in [2.24, 2.45) is 16.8 Å². The highest BCUT2D eigenvalue weighted by atomic mass is 16.3. The molecule has 1 rings (SSSR count). The molecule has 1 fully saturated rings. The maximum atomic E-state index is 9.08. The molecule has 1 unspecified atom stereocenters. The number of aliphatic hydroxyl groups excluding tert-OH is 1. The molecule has 0 bridgehead atoms. The zero-order valence-electron chi connectivity index (χ0n) is 14.2. The second kappa shape index (κ2) is 10.0. The maximum Gasteiger partial charge on any atom is 0.191 e. The van der Waals surface area contributed by atoms with E-state index < -0.39 is 0 Å². The van der Waals surface area contributed by atoms with Gasteiger partial charge in [-0.1, -0.05) is 20.8 Å². The summed E-state index contributed by atoms with van der Waals surface area (Å²) in [4.78, 5) is 7.12. The van der Waals surface area contributed by atoms with Crippen LogP contribution in [0.2, 0.25) is 0 Å². The molecule has 3 N–H and O–H groups in total. The summed E-state index contributed by atoms with van der Waals surface area (Å²) in [6, 6.07) is 0.510. The fourth-order valence-corrected chi connectivity index (χ4v) is 2.59. The lowest BCUT2D eigenvalue weighted by molar-refractivity contribution is 0.186. The zero-order chi connectivity index (χ0) is 15.7. The number of hydrogen-bond acceptors (Lipinski definition) is 3. The standard InChI is InChI=1S/C16H34N4O/c1-5-17-16(18-10-14(4)12-21)19-15-6-8-20(9-7-15)11-13(2)3/h13-15,21H,5-12H2,1-4H3,(H2,17,18,19). The van der Waals surface area contributed by atoms with Crippen LogP contribution in [0, 0.1) is 11.8 Å². The summed E-state index contributed by atoms with van der Waals surface area (Å²) in [5.74, 6) is 1.85. The minimum absolute atomic E-state index is 0.191. The fraction of sp³-hybridized carbons (Fsp3) is 0.938. The van der Waals surface area contributed by atoms with E-state index in [-0.39, 0.29) is 12.5 Å². The van der Waals surface area contributed by atoms with Crippen LogP contribution in [0.5, 0.6) is 0 Å². The minimum atomic E-state index is 0.191. The highest BCUT2D eigenvalue weighted by molar-refractivity contribution is 5.80. The van der Waals surface area contributed by atoms with E-state index in [0.717, 1.165) is 18.4 Å². The van der Waals surface area contributed by atoms with Crippen molar-refractivity contribution in [3.63, 3.8) is 0 Å². The minimum Gasteiger partial charge on any atom is -0.396 e. The Morgan fingerprint density at radius 2 is 1.95 bits per heavy atom. The normalized spacial score (nSPS) is 19.8. The average Bonchev–Trinajstić information content (AvgIpc) is 2.46. The Morgan fingerprint density at radius 3 is 2.48 bits per heavy atom. The first-order valence-corrected chi connectivity index (χ1v) is 8.43. The van der Waals surface area contributed by atoms with Crippen molar-refractivity contribution in [3.8, 4) is 0 Å². The van der Waals surface area contributed by atoms with Gasteiger partial charge in [-0.2, -0.15) is 0 Å². The van der Waals surface area contributed by atoms with Gasteiger partial charge in [0.15, 0.2) is 5.96 Å². The van der Waals surface area contributed by atoms with Gasteiger partial charge < -0.3 is 20.6 Å². The summed E-state index contributed by atoms with van der Waals surface area (Å²) in [6.07, 6.45) is 2.35. The van der Waals surface area contributed by atoms with Gasteiger partial charge in [0, 0.05) is 45.4 Å². The van der Waals surface area contributed by atoms with Crippen molar-refractivity contribution < 1.29 is 5.11 Å². The number of nitrogens with one attached hydrogen (secondary N) is 2. The molecule has 0 aromatic rings. The summed E-state index contributed by atoms with van der Waals surface area (Å²) >= 11 is 0. The first-order chi connectivity index (χ1) is 10.0. The molecule has 1 saturated heterocycles. The lowest BCUT2D eigenvalue weighted by Crippen LogP contribution is -2.49. The maximum absolute atomic E-state index is 9.08. The summed E-state index contributed by atoms with van der Waals surface area (Å²) < 4.78 is 0. The molecular formula is C16H34N4O. The van der Waals surface area contributed by atoms with Crippen molar-refractivity contribution in [2.45, 2.75) is 46.6 Å². The zero-order valence-corrected chi connectivity index (χ0v) is 14.2. The van der Waals surface area contributed by atoms with E-state index in [2.05, 4.69) is 41.3 Å². The molecule has 21 heavy (non-hydrogen) atoms. The lowest BCUT2D eigenvalue weighted by Gasteiger charge is -2.34. The number of guanidine groups is 1. The Morgan fingerprint density at radius 1 is 1.29 bits per heavy atom. The van der Waals surface area contributed by atoms with Gasteiger partial charge in [0.25, 0.3) is 0 Å². The number of aliphatic imine (C=N–C) groups is 1. The van der Waals surface area contributed by atoms with E-state index in [0.29, 0.717) is 12.6 Å². The number of likely N-dealkylation sites (tertiary alicyclic amines) is 1. The molecule has 0 spiro atoms. The molecule has 0 amide bonds. The van der Waals surface area contributed by atoms with E-state index >= 15 is 0 Å². The van der Waals surface area contributed by atoms with Crippen LogP contribution < -0.4 is 10.6 Å². The lowest BCUT2D eigenvalue weighted by atomic mass is 10.0. The van der Waals surface area contributed by atoms with E-state index in [4.69, 9.17) is 5.11 Å². The molecule has 0 aliphatic carbocycles. The van der Waals surface area contributed by atoms with E-state index in [1.54, 1.807) is 0 Å². The Bertz CT molecular complexity index is 299. The smallest absolute Gasteiger partial charge is 0.191 e. The summed E-state index contributed by atoms with van der Waals surface area (Å²) in [7, 11) is 0. The van der Waals surface area contributed by atoms with Crippen LogP contribution in [0.15, 0.2) is 4.99 Å². The fourth-order valence-electron chi connectivity index (χ4n) is 2.59. The Labute approximate surface area is 130 Å². The molecule has 0 aromatic heterocycles. The van der Waals surface area contributed by atoms with E-state index in [1.165, 1.54) is 32.5 Å². The number of aliphatic hydroxyl groups is 1. The highest BCUT2D eigenvalue weighted by Gasteiger charge is 2.20. The van der Waals surface area contributed by atoms with Gasteiger partial charge in [0.2, 0.25) is 0 Å². The largest absolute Gasteiger partial charge is 0.396 e. The van der Waals surface area contributed by atoms with Crippen LogP contribution >= 0.6 is 0 Å². The van der Waals surface area contributed by atoms with Crippen LogP contribution in [0.4, 0.5) is 0 Å². The third-order valence-electron chi connectivity index (χ3n) is 3.77. The summed E-state index contributed by atoms with van der Waals surface area (Å²) in [6.45, 7) is 13.9. The molecule has 124 valence electrons. The van der Waals surface area contributed by atoms with Gasteiger partial charge in [-0.3, -0.25) is 4.99 Å². The molecular weight excluding hydrogens is 264 g/mol. The van der Waals surface area contributed by atoms with E-state index in [1.807, 2.05) is 6.92 Å². The van der Waals surface area contributed by atoms with Crippen LogP contribution in [0.1, 0.15) is 40.5 Å². The van der Waals surface area contributed by atoms with Gasteiger partial charge in [0.05, 0.1) is 0 Å². The molecule has 5 heteroatoms. The molecule has 1 heterocycles. The van der Waals surface area contributed by atoms with Crippen LogP contribution in [-0.2, 0) is 0 Å². The van der Waals surface area contributed by atoms with E-state index in [9.17, 15) is 0 Å². The summed E-state index contributed by atoms with van der Waals surface area (Å²) in [5.41, 5.74) is 0. The number of nitrogens with zero attached hydrogens (tertiary/aromatic N) is 2. The first-order valence-electron chi connectivity index (χ1n) is 8.43. The molecule has 5 nitrogen and oxygen atoms in total. The number of rotatable bonds is 7. The molecule has 0 saturated carbocycles.